The van der Waals surface area contributed by atoms with Gasteiger partial charge in [0.25, 0.3) is 0 Å². The fraction of sp³-hybridized carbons (Fsp3) is 0. The molecule has 0 aromatic heterocycles. The quantitative estimate of drug-likeness (QED) is 0.284. The predicted octanol–water partition coefficient (Wildman–Crippen LogP) is -0.684. The summed E-state index contributed by atoms with van der Waals surface area (Å²) in [5, 5.41) is 0. The van der Waals surface area contributed by atoms with Crippen LogP contribution >= 0.6 is 0 Å². The molecule has 0 heterocycles. The van der Waals surface area contributed by atoms with E-state index in [-0.39, 0.29) is 0 Å². The van der Waals surface area contributed by atoms with E-state index in [2.05, 4.69) is 4.74 Å². The Bertz CT molecular complexity index is 87.1. The van der Waals surface area contributed by atoms with Crippen LogP contribution in [0.1, 0.15) is 2.74 Å². The zero-order chi connectivity index (χ0) is 5.86. The summed E-state index contributed by atoms with van der Waals surface area (Å²) in [5.41, 5.74) is 0. The van der Waals surface area contributed by atoms with Gasteiger partial charge >= 0.3 is 12.9 Å². The van der Waals surface area contributed by atoms with E-state index < -0.39 is 12.9 Å². The topological polar surface area (TPSA) is 43.4 Å². The van der Waals surface area contributed by atoms with Crippen LogP contribution in [-0.2, 0) is 14.3 Å². The van der Waals surface area contributed by atoms with Crippen molar-refractivity contribution in [2.24, 2.45) is 0 Å². The first kappa shape index (κ1) is 1.55. The van der Waals surface area contributed by atoms with Gasteiger partial charge in [0.1, 0.15) is 0 Å². The van der Waals surface area contributed by atoms with Gasteiger partial charge in [-0.3, -0.25) is 9.59 Å². The van der Waals surface area contributed by atoms with Crippen molar-refractivity contribution in [1.29, 1.82) is 0 Å². The second-order valence-electron chi connectivity index (χ2n) is 0.269. The lowest BCUT2D eigenvalue weighted by Crippen LogP contribution is -1.77. The molecular weight excluding hydrogens is 72.0 g/mol. The van der Waals surface area contributed by atoms with Gasteiger partial charge in [-0.25, -0.2) is 0 Å². The van der Waals surface area contributed by atoms with Crippen LogP contribution in [-0.4, -0.2) is 12.9 Å². The normalized spacial score (nSPS) is 11.2. The number of rotatable bonds is 0. The van der Waals surface area contributed by atoms with Crippen molar-refractivity contribution in [1.82, 2.24) is 0 Å². The predicted molar refractivity (Wildman–Crippen MR) is 13.2 cm³/mol. The maximum Gasteiger partial charge on any atom is 0.300 e. The molecule has 0 aliphatic heterocycles. The molecule has 0 saturated carbocycles. The SMILES string of the molecule is [3H]C(=O)OC([3H])=O. The molecule has 0 radical (unpaired) electrons. The highest BCUT2D eigenvalue weighted by atomic mass is 16.6. The number of carbonyl (C=O) groups is 2. The van der Waals surface area contributed by atoms with Gasteiger partial charge in [-0.2, -0.15) is 0 Å². The molecule has 0 aromatic carbocycles. The Balaban J connectivity index is 3.32. The highest BCUT2D eigenvalue weighted by Gasteiger charge is 1.58. The second kappa shape index (κ2) is 3.14. The first-order valence-electron chi connectivity index (χ1n) is 1.82. The van der Waals surface area contributed by atoms with Crippen molar-refractivity contribution in [3.8, 4) is 0 Å². The number of hydrogen-bond acceptors (Lipinski definition) is 3. The molecular formula is C2H2O3. The van der Waals surface area contributed by atoms with Crippen molar-refractivity contribution in [3.63, 3.8) is 0 Å². The van der Waals surface area contributed by atoms with Gasteiger partial charge in [0.15, 0.2) is 2.74 Å². The molecule has 0 aromatic rings. The van der Waals surface area contributed by atoms with Crippen LogP contribution in [0.15, 0.2) is 0 Å². The van der Waals surface area contributed by atoms with Crippen molar-refractivity contribution in [2.45, 2.75) is 0 Å². The van der Waals surface area contributed by atoms with Crippen LogP contribution in [0, 0.1) is 0 Å². The Labute approximate surface area is 31.4 Å². The Hall–Kier alpha value is -0.860. The summed E-state index contributed by atoms with van der Waals surface area (Å²) >= 11 is 0. The maximum absolute atomic E-state index is 9.36. The van der Waals surface area contributed by atoms with Gasteiger partial charge in [0.2, 0.25) is 0 Å². The zero-order valence-corrected chi connectivity index (χ0v) is 2.22. The number of hydrogen-bond donors (Lipinski definition) is 0. The van der Waals surface area contributed by atoms with Gasteiger partial charge < -0.3 is 4.74 Å². The second-order valence-corrected chi connectivity index (χ2v) is 0.269. The van der Waals surface area contributed by atoms with Gasteiger partial charge in [-0.05, 0) is 0 Å². The molecule has 0 atom stereocenters. The van der Waals surface area contributed by atoms with Gasteiger partial charge in [-0.1, -0.05) is 0 Å². The molecule has 0 saturated heterocycles. The number of ether oxygens (including phenoxy) is 1. The minimum absolute atomic E-state index is 1.50. The molecule has 0 aliphatic rings. The third-order valence-electron chi connectivity index (χ3n) is 0.0833. The average molecular weight is 78.1 g/mol. The summed E-state index contributed by atoms with van der Waals surface area (Å²) in [6.45, 7) is 0. The molecule has 0 fully saturated rings. The highest BCUT2D eigenvalue weighted by molar-refractivity contribution is 5.55. The fourth-order valence-corrected chi connectivity index (χ4v) is 0.0170. The first-order valence-corrected chi connectivity index (χ1v) is 0.816. The Morgan fingerprint density at radius 3 is 2.00 bits per heavy atom. The number of carbonyl (C=O) groups excluding carboxylic acids is 2. The minimum atomic E-state index is -1.50. The van der Waals surface area contributed by atoms with Crippen LogP contribution in [0.2, 0.25) is 0 Å². The molecule has 0 aliphatic carbocycles. The Morgan fingerprint density at radius 1 is 1.60 bits per heavy atom. The van der Waals surface area contributed by atoms with Crippen LogP contribution < -0.4 is 0 Å². The third-order valence-corrected chi connectivity index (χ3v) is 0.0833. The lowest BCUT2D eigenvalue weighted by atomic mass is 11.5. The maximum atomic E-state index is 9.36. The Morgan fingerprint density at radius 2 is 2.00 bits per heavy atom. The molecule has 0 N–H and O–H groups in total. The van der Waals surface area contributed by atoms with Crippen LogP contribution in [0.4, 0.5) is 0 Å². The molecule has 3 nitrogen and oxygen atoms in total. The van der Waals surface area contributed by atoms with Crippen molar-refractivity contribution in [2.75, 3.05) is 0 Å². The van der Waals surface area contributed by atoms with E-state index in [1.54, 1.807) is 0 Å². The van der Waals surface area contributed by atoms with Crippen LogP contribution in [0.5, 0.6) is 0 Å². The first-order chi connectivity index (χ1) is 3.13. The van der Waals surface area contributed by atoms with E-state index in [1.807, 2.05) is 0 Å². The summed E-state index contributed by atoms with van der Waals surface area (Å²) in [6.07, 6.45) is -3.00. The smallest absolute Gasteiger partial charge is 0.300 e. The van der Waals surface area contributed by atoms with E-state index in [1.165, 1.54) is 0 Å². The summed E-state index contributed by atoms with van der Waals surface area (Å²) in [4.78, 5) is 18.7. The molecule has 0 spiro atoms. The van der Waals surface area contributed by atoms with Crippen molar-refractivity contribution >= 4 is 12.9 Å². The van der Waals surface area contributed by atoms with Gasteiger partial charge in [0.05, 0.1) is 0 Å². The standard InChI is InChI=1S/C2H2O3/c3-1-5-2-4/h1-2H/i1T,2T. The summed E-state index contributed by atoms with van der Waals surface area (Å²) in [7, 11) is 0. The minimum Gasteiger partial charge on any atom is -0.398 e. The molecule has 3 heteroatoms. The average Bonchev–Trinajstić information content (AvgIpc) is 1.27. The summed E-state index contributed by atoms with van der Waals surface area (Å²) in [6, 6.07) is 0. The lowest BCUT2D eigenvalue weighted by molar-refractivity contribution is -0.141. The van der Waals surface area contributed by atoms with E-state index in [4.69, 9.17) is 2.74 Å². The molecule has 0 bridgehead atoms. The van der Waals surface area contributed by atoms with Crippen molar-refractivity contribution < 1.29 is 17.1 Å². The van der Waals surface area contributed by atoms with E-state index in [0.29, 0.717) is 0 Å². The van der Waals surface area contributed by atoms with E-state index in [0.717, 1.165) is 0 Å². The van der Waals surface area contributed by atoms with E-state index in [9.17, 15) is 9.59 Å². The monoisotopic (exact) mass is 78.0 g/mol. The molecule has 0 rings (SSSR count). The Kier molecular flexibility index (Phi) is 0.970. The molecule has 0 amide bonds. The van der Waals surface area contributed by atoms with Gasteiger partial charge in [0, 0.05) is 0 Å². The van der Waals surface area contributed by atoms with Crippen LogP contribution in [0.25, 0.3) is 0 Å². The largest absolute Gasteiger partial charge is 0.398 e. The molecule has 28 valence electrons. The fourth-order valence-electron chi connectivity index (χ4n) is 0.0170. The van der Waals surface area contributed by atoms with Gasteiger partial charge in [-0.15, -0.1) is 0 Å². The van der Waals surface area contributed by atoms with Crippen molar-refractivity contribution in [3.05, 3.63) is 0 Å². The third kappa shape index (κ3) is 3.14. The summed E-state index contributed by atoms with van der Waals surface area (Å²) < 4.78 is 15.1. The molecule has 5 heavy (non-hydrogen) atoms. The van der Waals surface area contributed by atoms with E-state index >= 15 is 0 Å². The van der Waals surface area contributed by atoms with Crippen LogP contribution in [0.3, 0.4) is 0 Å². The zero-order valence-electron chi connectivity index (χ0n) is 4.22. The summed E-state index contributed by atoms with van der Waals surface area (Å²) in [5.74, 6) is 0. The lowest BCUT2D eigenvalue weighted by Gasteiger charge is -1.65. The highest BCUT2D eigenvalue weighted by Crippen LogP contribution is 1.40. The molecule has 0 unspecified atom stereocenters.